The van der Waals surface area contributed by atoms with Gasteiger partial charge in [-0.2, -0.15) is 0 Å². The van der Waals surface area contributed by atoms with Crippen LogP contribution in [-0.4, -0.2) is 29.9 Å². The summed E-state index contributed by atoms with van der Waals surface area (Å²) in [5.41, 5.74) is -1.11. The fourth-order valence-corrected chi connectivity index (χ4v) is 5.55. The quantitative estimate of drug-likeness (QED) is 0.632. The highest BCUT2D eigenvalue weighted by molar-refractivity contribution is 5.77. The number of ether oxygens (including phenoxy) is 2. The van der Waals surface area contributed by atoms with Crippen molar-refractivity contribution in [2.24, 2.45) is 17.3 Å². The minimum atomic E-state index is -0.644. The van der Waals surface area contributed by atoms with Crippen molar-refractivity contribution in [1.82, 2.24) is 0 Å². The summed E-state index contributed by atoms with van der Waals surface area (Å²) in [7, 11) is 0. The largest absolute Gasteiger partial charge is 0.493 e. The molecule has 4 bridgehead atoms. The van der Waals surface area contributed by atoms with E-state index < -0.39 is 11.0 Å². The predicted octanol–water partition coefficient (Wildman–Crippen LogP) is 3.47. The lowest BCUT2D eigenvalue weighted by Crippen LogP contribution is -2.58. The first-order valence-corrected chi connectivity index (χ1v) is 9.24. The first-order valence-electron chi connectivity index (χ1n) is 9.24. The molecule has 1 aromatic rings. The van der Waals surface area contributed by atoms with E-state index in [0.29, 0.717) is 43.6 Å². The number of halogens is 1. The van der Waals surface area contributed by atoms with Crippen molar-refractivity contribution in [3.8, 4) is 5.75 Å². The topological polar surface area (TPSA) is 55.8 Å². The minimum absolute atomic E-state index is 0.137. The Morgan fingerprint density at radius 2 is 1.80 bits per heavy atom. The molecule has 4 nitrogen and oxygen atoms in total. The lowest BCUT2D eigenvalue weighted by Gasteiger charge is -2.58. The Morgan fingerprint density at radius 1 is 1.12 bits per heavy atom. The van der Waals surface area contributed by atoms with E-state index in [-0.39, 0.29) is 11.8 Å². The van der Waals surface area contributed by atoms with Crippen LogP contribution in [0.4, 0.5) is 4.39 Å². The van der Waals surface area contributed by atoms with Gasteiger partial charge in [0.15, 0.2) is 0 Å². The van der Waals surface area contributed by atoms with E-state index in [0.717, 1.165) is 32.1 Å². The second kappa shape index (κ2) is 6.27. The molecule has 136 valence electrons. The summed E-state index contributed by atoms with van der Waals surface area (Å²) in [6, 6.07) is 5.87. The molecule has 0 radical (unpaired) electrons. The Balaban J connectivity index is 1.25. The van der Waals surface area contributed by atoms with Gasteiger partial charge < -0.3 is 14.6 Å². The third kappa shape index (κ3) is 3.39. The minimum Gasteiger partial charge on any atom is -0.493 e. The van der Waals surface area contributed by atoms with Crippen LogP contribution in [0, 0.1) is 23.1 Å². The highest BCUT2D eigenvalue weighted by Crippen LogP contribution is 2.61. The zero-order valence-electron chi connectivity index (χ0n) is 14.4. The third-order valence-electron chi connectivity index (χ3n) is 6.07. The molecule has 4 aliphatic rings. The van der Waals surface area contributed by atoms with Gasteiger partial charge in [-0.1, -0.05) is 0 Å². The van der Waals surface area contributed by atoms with E-state index in [1.165, 1.54) is 12.1 Å². The van der Waals surface area contributed by atoms with Crippen LogP contribution in [0.5, 0.6) is 5.75 Å². The summed E-state index contributed by atoms with van der Waals surface area (Å²) in [6.45, 7) is 0.733. The predicted molar refractivity (Wildman–Crippen MR) is 89.5 cm³/mol. The van der Waals surface area contributed by atoms with E-state index in [1.807, 2.05) is 0 Å². The molecule has 4 fully saturated rings. The van der Waals surface area contributed by atoms with Gasteiger partial charge >= 0.3 is 5.97 Å². The van der Waals surface area contributed by atoms with Gasteiger partial charge in [-0.25, -0.2) is 4.39 Å². The molecule has 0 aliphatic heterocycles. The maximum absolute atomic E-state index is 12.8. The molecule has 4 atom stereocenters. The number of carbonyl (C=O) groups excluding carboxylic acids is 1. The van der Waals surface area contributed by atoms with Gasteiger partial charge in [0.25, 0.3) is 0 Å². The Morgan fingerprint density at radius 3 is 2.44 bits per heavy atom. The fourth-order valence-electron chi connectivity index (χ4n) is 5.55. The Bertz CT molecular complexity index is 628. The molecule has 5 heteroatoms. The van der Waals surface area contributed by atoms with Crippen molar-refractivity contribution in [3.05, 3.63) is 30.1 Å². The summed E-state index contributed by atoms with van der Waals surface area (Å²) in [6.07, 6.45) is 5.76. The van der Waals surface area contributed by atoms with E-state index in [9.17, 15) is 14.3 Å². The van der Waals surface area contributed by atoms with Crippen molar-refractivity contribution >= 4 is 5.97 Å². The second-order valence-electron chi connectivity index (χ2n) is 8.26. The van der Waals surface area contributed by atoms with Crippen LogP contribution in [0.15, 0.2) is 24.3 Å². The average molecular weight is 348 g/mol. The van der Waals surface area contributed by atoms with E-state index in [4.69, 9.17) is 9.47 Å². The molecule has 5 rings (SSSR count). The van der Waals surface area contributed by atoms with Gasteiger partial charge in [0, 0.05) is 6.42 Å². The van der Waals surface area contributed by atoms with Crippen molar-refractivity contribution in [1.29, 1.82) is 0 Å². The van der Waals surface area contributed by atoms with Crippen molar-refractivity contribution in [3.63, 3.8) is 0 Å². The SMILES string of the molecule is O=C(OCCCOc1ccc(F)cc1)C12C[C@@H]3C[C@@H](CC(O)(C3)C1)C2. The van der Waals surface area contributed by atoms with Crippen molar-refractivity contribution in [2.45, 2.75) is 50.5 Å². The van der Waals surface area contributed by atoms with Crippen LogP contribution >= 0.6 is 0 Å². The molecular weight excluding hydrogens is 323 g/mol. The highest BCUT2D eigenvalue weighted by atomic mass is 19.1. The zero-order valence-corrected chi connectivity index (χ0v) is 14.4. The van der Waals surface area contributed by atoms with E-state index in [1.54, 1.807) is 12.1 Å². The van der Waals surface area contributed by atoms with Gasteiger partial charge in [0.2, 0.25) is 0 Å². The monoisotopic (exact) mass is 348 g/mol. The molecule has 0 heterocycles. The maximum atomic E-state index is 12.8. The van der Waals surface area contributed by atoms with Gasteiger partial charge in [-0.05, 0) is 74.6 Å². The summed E-state index contributed by atoms with van der Waals surface area (Å²) in [5.74, 6) is 1.12. The van der Waals surface area contributed by atoms with Crippen LogP contribution in [0.2, 0.25) is 0 Å². The van der Waals surface area contributed by atoms with Crippen LogP contribution < -0.4 is 4.74 Å². The van der Waals surface area contributed by atoms with E-state index >= 15 is 0 Å². The number of rotatable bonds is 6. The molecule has 0 amide bonds. The second-order valence-corrected chi connectivity index (χ2v) is 8.26. The molecule has 0 aromatic heterocycles. The molecule has 2 unspecified atom stereocenters. The smallest absolute Gasteiger partial charge is 0.312 e. The van der Waals surface area contributed by atoms with Gasteiger partial charge in [0.05, 0.1) is 24.2 Å². The molecule has 1 N–H and O–H groups in total. The fraction of sp³-hybridized carbons (Fsp3) is 0.650. The standard InChI is InChI=1S/C20H25FO4/c21-16-2-4-17(5-3-16)24-6-1-7-25-18(22)19-9-14-8-15(10-19)12-20(23,11-14)13-19/h2-5,14-15,23H,1,6-13H2/t14-,15+,19?,20?. The average Bonchev–Trinajstić information content (AvgIpc) is 2.54. The molecular formula is C20H25FO4. The number of benzene rings is 1. The summed E-state index contributed by atoms with van der Waals surface area (Å²) in [4.78, 5) is 12.7. The Kier molecular flexibility index (Phi) is 4.22. The van der Waals surface area contributed by atoms with Crippen LogP contribution in [0.1, 0.15) is 44.9 Å². The van der Waals surface area contributed by atoms with Gasteiger partial charge in [-0.15, -0.1) is 0 Å². The van der Waals surface area contributed by atoms with Gasteiger partial charge in [0.1, 0.15) is 11.6 Å². The first-order chi connectivity index (χ1) is 12.0. The number of hydrogen-bond acceptors (Lipinski definition) is 4. The molecule has 25 heavy (non-hydrogen) atoms. The molecule has 1 aromatic carbocycles. The first kappa shape index (κ1) is 16.8. The molecule has 0 spiro atoms. The normalized spacial score (nSPS) is 35.6. The van der Waals surface area contributed by atoms with Crippen molar-refractivity contribution < 1.29 is 23.8 Å². The summed E-state index contributed by atoms with van der Waals surface area (Å²) < 4.78 is 23.9. The van der Waals surface area contributed by atoms with Crippen LogP contribution in [0.25, 0.3) is 0 Å². The third-order valence-corrected chi connectivity index (χ3v) is 6.07. The summed E-state index contributed by atoms with van der Waals surface area (Å²) >= 11 is 0. The van der Waals surface area contributed by atoms with Crippen LogP contribution in [-0.2, 0) is 9.53 Å². The Labute approximate surface area is 147 Å². The number of aliphatic hydroxyl groups is 1. The molecule has 4 saturated carbocycles. The number of hydrogen-bond donors (Lipinski definition) is 1. The maximum Gasteiger partial charge on any atom is 0.312 e. The lowest BCUT2D eigenvalue weighted by molar-refractivity contribution is -0.196. The number of esters is 1. The molecule has 0 saturated heterocycles. The van der Waals surface area contributed by atoms with Crippen molar-refractivity contribution in [2.75, 3.05) is 13.2 Å². The lowest BCUT2D eigenvalue weighted by atomic mass is 9.48. The number of carbonyl (C=O) groups is 1. The highest BCUT2D eigenvalue weighted by Gasteiger charge is 2.60. The van der Waals surface area contributed by atoms with Crippen LogP contribution in [0.3, 0.4) is 0 Å². The Hall–Kier alpha value is -1.62. The zero-order chi connectivity index (χ0) is 17.5. The van der Waals surface area contributed by atoms with E-state index in [2.05, 4.69) is 0 Å². The molecule has 4 aliphatic carbocycles. The summed E-state index contributed by atoms with van der Waals surface area (Å²) in [5, 5.41) is 10.7. The van der Waals surface area contributed by atoms with Gasteiger partial charge in [-0.3, -0.25) is 4.79 Å².